The van der Waals surface area contributed by atoms with E-state index in [1.807, 2.05) is 12.2 Å². The summed E-state index contributed by atoms with van der Waals surface area (Å²) < 4.78 is 0. The van der Waals surface area contributed by atoms with E-state index in [0.29, 0.717) is 0 Å². The summed E-state index contributed by atoms with van der Waals surface area (Å²) in [7, 11) is 0. The van der Waals surface area contributed by atoms with Gasteiger partial charge in [0.25, 0.3) is 0 Å². The zero-order valence-corrected chi connectivity index (χ0v) is 28.6. The van der Waals surface area contributed by atoms with Crippen LogP contribution < -0.4 is 0 Å². The lowest BCUT2D eigenvalue weighted by Gasteiger charge is -2.44. The largest absolute Gasteiger partial charge is 0.235 e. The number of aliphatic imine (C=N–C) groups is 2. The van der Waals surface area contributed by atoms with Gasteiger partial charge >= 0.3 is 0 Å². The topological polar surface area (TPSA) is 58.9 Å². The lowest BCUT2D eigenvalue weighted by atomic mass is 9.61. The monoisotopic (exact) mass is 587 g/mol. The van der Waals surface area contributed by atoms with Crippen LogP contribution in [0.1, 0.15) is 195 Å². The van der Waals surface area contributed by atoms with Crippen molar-refractivity contribution in [3.8, 4) is 0 Å². The molecule has 0 amide bonds. The lowest BCUT2D eigenvalue weighted by molar-refractivity contribution is 0.0577. The molecule has 244 valence electrons. The summed E-state index contributed by atoms with van der Waals surface area (Å²) in [6.45, 7) is 9.10. The Bertz CT molecular complexity index is 712. The van der Waals surface area contributed by atoms with Gasteiger partial charge in [0.15, 0.2) is 0 Å². The number of hydrogen-bond donors (Lipinski definition) is 0. The van der Waals surface area contributed by atoms with E-state index in [2.05, 4.69) is 37.7 Å². The molecule has 42 heavy (non-hydrogen) atoms. The minimum atomic E-state index is 0.161. The van der Waals surface area contributed by atoms with Crippen molar-refractivity contribution in [3.05, 3.63) is 0 Å². The van der Waals surface area contributed by atoms with Crippen LogP contribution in [-0.2, 0) is 9.59 Å². The minimum Gasteiger partial charge on any atom is -0.211 e. The van der Waals surface area contributed by atoms with Crippen LogP contribution in [0.5, 0.6) is 0 Å². The van der Waals surface area contributed by atoms with E-state index in [0.717, 1.165) is 49.4 Å². The van der Waals surface area contributed by atoms with Gasteiger partial charge in [-0.2, -0.15) is 0 Å². The van der Waals surface area contributed by atoms with Crippen LogP contribution in [-0.4, -0.2) is 24.2 Å². The van der Waals surface area contributed by atoms with Crippen LogP contribution in [0.3, 0.4) is 0 Å². The summed E-state index contributed by atoms with van der Waals surface area (Å²) in [5.41, 5.74) is 0. The number of nitrogens with zero attached hydrogens (tertiary/aromatic N) is 2. The van der Waals surface area contributed by atoms with Gasteiger partial charge in [0.05, 0.1) is 12.1 Å². The van der Waals surface area contributed by atoms with E-state index in [9.17, 15) is 9.59 Å². The molecule has 0 radical (unpaired) electrons. The number of rotatable bonds is 28. The van der Waals surface area contributed by atoms with Gasteiger partial charge in [-0.1, -0.05) is 143 Å². The molecule has 1 rings (SSSR count). The molecule has 0 aromatic carbocycles. The summed E-state index contributed by atoms with van der Waals surface area (Å²) >= 11 is 0. The van der Waals surface area contributed by atoms with E-state index < -0.39 is 0 Å². The van der Waals surface area contributed by atoms with Crippen LogP contribution in [0.2, 0.25) is 0 Å². The molecule has 0 saturated heterocycles. The Balaban J connectivity index is 2.97. The molecular weight excluding hydrogens is 516 g/mol. The van der Waals surface area contributed by atoms with Crippen LogP contribution >= 0.6 is 0 Å². The zero-order valence-electron chi connectivity index (χ0n) is 28.6. The standard InChI is InChI=1S/C38H70N2O2/c1-5-9-13-14-18-27-37-33(21-15-10-6-2)29-30-34(22-19-25-35(39-31-41)23-16-11-7-3)38(37)28-20-26-36(40-32-42)24-17-12-8-4/h33-38H,5-30H2,1-4H3. The summed E-state index contributed by atoms with van der Waals surface area (Å²) in [5.74, 6) is 3.32. The van der Waals surface area contributed by atoms with Crippen molar-refractivity contribution in [1.82, 2.24) is 0 Å². The van der Waals surface area contributed by atoms with Crippen LogP contribution in [0.25, 0.3) is 0 Å². The Morgan fingerprint density at radius 3 is 1.33 bits per heavy atom. The van der Waals surface area contributed by atoms with Crippen LogP contribution in [0, 0.1) is 23.7 Å². The molecule has 0 aromatic heterocycles. The third kappa shape index (κ3) is 17.8. The fourth-order valence-corrected chi connectivity index (χ4v) is 7.97. The molecule has 6 unspecified atom stereocenters. The van der Waals surface area contributed by atoms with Crippen LogP contribution in [0.4, 0.5) is 0 Å². The summed E-state index contributed by atoms with van der Waals surface area (Å²) in [6.07, 6.45) is 36.6. The quantitative estimate of drug-likeness (QED) is 0.0520. The minimum absolute atomic E-state index is 0.161. The van der Waals surface area contributed by atoms with Crippen molar-refractivity contribution in [2.75, 3.05) is 0 Å². The summed E-state index contributed by atoms with van der Waals surface area (Å²) in [4.78, 5) is 30.7. The predicted octanol–water partition coefficient (Wildman–Crippen LogP) is 12.1. The highest BCUT2D eigenvalue weighted by molar-refractivity contribution is 5.33. The lowest BCUT2D eigenvalue weighted by Crippen LogP contribution is -2.35. The first-order valence-corrected chi connectivity index (χ1v) is 18.8. The highest BCUT2D eigenvalue weighted by atomic mass is 16.1. The normalized spacial score (nSPS) is 21.8. The molecule has 6 atom stereocenters. The van der Waals surface area contributed by atoms with Crippen molar-refractivity contribution < 1.29 is 9.59 Å². The number of unbranched alkanes of at least 4 members (excludes halogenated alkanes) is 10. The molecule has 1 aliphatic carbocycles. The van der Waals surface area contributed by atoms with Gasteiger partial charge in [0.1, 0.15) is 0 Å². The van der Waals surface area contributed by atoms with Gasteiger partial charge in [-0.3, -0.25) is 0 Å². The highest BCUT2D eigenvalue weighted by Gasteiger charge is 2.38. The third-order valence-electron chi connectivity index (χ3n) is 10.4. The first-order valence-electron chi connectivity index (χ1n) is 18.8. The second-order valence-electron chi connectivity index (χ2n) is 13.7. The zero-order chi connectivity index (χ0) is 30.7. The smallest absolute Gasteiger partial charge is 0.211 e. The number of isocyanates is 2. The molecule has 0 aliphatic heterocycles. The Labute approximate surface area is 261 Å². The average Bonchev–Trinajstić information content (AvgIpc) is 2.99. The molecular formula is C38H70N2O2. The molecule has 1 fully saturated rings. The van der Waals surface area contributed by atoms with Gasteiger partial charge in [-0.05, 0) is 75.0 Å². The maximum Gasteiger partial charge on any atom is 0.235 e. The molecule has 0 spiro atoms. The van der Waals surface area contributed by atoms with E-state index >= 15 is 0 Å². The number of hydrogen-bond acceptors (Lipinski definition) is 4. The SMILES string of the molecule is CCCCCCCC1C(CCCCC)CCC(CCCC(CCCCC)N=C=O)C1CCCC(CCCCC)N=C=O. The molecule has 1 saturated carbocycles. The molecule has 0 N–H and O–H groups in total. The molecule has 4 nitrogen and oxygen atoms in total. The van der Waals surface area contributed by atoms with E-state index in [1.165, 1.54) is 141 Å². The van der Waals surface area contributed by atoms with Gasteiger partial charge < -0.3 is 0 Å². The van der Waals surface area contributed by atoms with Crippen molar-refractivity contribution in [2.45, 2.75) is 207 Å². The first kappa shape index (κ1) is 38.8. The van der Waals surface area contributed by atoms with E-state index in [1.54, 1.807) is 0 Å². The summed E-state index contributed by atoms with van der Waals surface area (Å²) in [5, 5.41) is 0. The van der Waals surface area contributed by atoms with Gasteiger partial charge in [-0.15, -0.1) is 0 Å². The van der Waals surface area contributed by atoms with Gasteiger partial charge in [0.2, 0.25) is 12.2 Å². The van der Waals surface area contributed by atoms with E-state index in [-0.39, 0.29) is 12.1 Å². The van der Waals surface area contributed by atoms with Crippen molar-refractivity contribution in [3.63, 3.8) is 0 Å². The van der Waals surface area contributed by atoms with E-state index in [4.69, 9.17) is 0 Å². The maximum atomic E-state index is 11.2. The molecule has 4 heteroatoms. The average molecular weight is 587 g/mol. The Morgan fingerprint density at radius 1 is 0.476 bits per heavy atom. The van der Waals surface area contributed by atoms with Crippen molar-refractivity contribution in [2.24, 2.45) is 33.7 Å². The van der Waals surface area contributed by atoms with Gasteiger partial charge in [-0.25, -0.2) is 19.6 Å². The number of carbonyl (C=O) groups excluding carboxylic acids is 2. The maximum absolute atomic E-state index is 11.2. The summed E-state index contributed by atoms with van der Waals surface area (Å²) in [6, 6.07) is 0.325. The second-order valence-corrected chi connectivity index (χ2v) is 13.7. The Kier molecular flexibility index (Phi) is 25.2. The highest BCUT2D eigenvalue weighted by Crippen LogP contribution is 2.48. The fourth-order valence-electron chi connectivity index (χ4n) is 7.97. The Morgan fingerprint density at radius 2 is 0.833 bits per heavy atom. The van der Waals surface area contributed by atoms with Gasteiger partial charge in [0, 0.05) is 0 Å². The van der Waals surface area contributed by atoms with Crippen LogP contribution in [0.15, 0.2) is 9.98 Å². The fraction of sp³-hybridized carbons (Fsp3) is 0.947. The van der Waals surface area contributed by atoms with Crippen molar-refractivity contribution in [1.29, 1.82) is 0 Å². The first-order chi connectivity index (χ1) is 20.6. The molecule has 0 bridgehead atoms. The Hall–Kier alpha value is -1.24. The second kappa shape index (κ2) is 27.3. The van der Waals surface area contributed by atoms with Crippen molar-refractivity contribution >= 4 is 12.2 Å². The predicted molar refractivity (Wildman–Crippen MR) is 181 cm³/mol. The third-order valence-corrected chi connectivity index (χ3v) is 10.4. The molecule has 0 heterocycles. The molecule has 1 aliphatic rings. The molecule has 0 aromatic rings.